The quantitative estimate of drug-likeness (QED) is 0.746. The average molecular weight is 385 g/mol. The van der Waals surface area contributed by atoms with Crippen molar-refractivity contribution >= 4 is 23.4 Å². The van der Waals surface area contributed by atoms with Crippen molar-refractivity contribution in [2.75, 3.05) is 26.3 Å². The largest absolute Gasteiger partial charge is 0.378 e. The van der Waals surface area contributed by atoms with Crippen LogP contribution in [0.5, 0.6) is 0 Å². The molecule has 27 heavy (non-hydrogen) atoms. The predicted molar refractivity (Wildman–Crippen MR) is 103 cm³/mol. The molecule has 2 fully saturated rings. The molecule has 2 aliphatic heterocycles. The van der Waals surface area contributed by atoms with Gasteiger partial charge >= 0.3 is 0 Å². The van der Waals surface area contributed by atoms with Crippen molar-refractivity contribution in [2.24, 2.45) is 0 Å². The standard InChI is InChI=1S/C21H21ClN2O3/c1-13-3-8-17(15-4-6-16(22)7-5-15)14(2)18(13)19-20(25)23-9-11-27-12-10-24(23)21(19)26/h3-8,19H,9-12H2,1-2H3. The van der Waals surface area contributed by atoms with Gasteiger partial charge in [-0.2, -0.15) is 0 Å². The second kappa shape index (κ2) is 6.98. The summed E-state index contributed by atoms with van der Waals surface area (Å²) < 4.78 is 5.40. The van der Waals surface area contributed by atoms with Crippen molar-refractivity contribution in [1.82, 2.24) is 10.0 Å². The van der Waals surface area contributed by atoms with Gasteiger partial charge in [-0.1, -0.05) is 35.9 Å². The Kier molecular flexibility index (Phi) is 4.66. The minimum absolute atomic E-state index is 0.162. The minimum atomic E-state index is -0.782. The fourth-order valence-corrected chi connectivity index (χ4v) is 4.13. The van der Waals surface area contributed by atoms with E-state index in [1.54, 1.807) is 10.0 Å². The van der Waals surface area contributed by atoms with E-state index in [-0.39, 0.29) is 11.8 Å². The van der Waals surface area contributed by atoms with Crippen molar-refractivity contribution < 1.29 is 14.3 Å². The number of hydrazine groups is 1. The van der Waals surface area contributed by atoms with Crippen molar-refractivity contribution in [3.63, 3.8) is 0 Å². The van der Waals surface area contributed by atoms with Crippen LogP contribution in [0.3, 0.4) is 0 Å². The Morgan fingerprint density at radius 3 is 2.11 bits per heavy atom. The molecule has 2 saturated heterocycles. The second-order valence-corrected chi connectivity index (χ2v) is 7.38. The highest BCUT2D eigenvalue weighted by atomic mass is 35.5. The van der Waals surface area contributed by atoms with Gasteiger partial charge in [0.1, 0.15) is 5.92 Å². The molecular weight excluding hydrogens is 364 g/mol. The van der Waals surface area contributed by atoms with Crippen LogP contribution in [0.15, 0.2) is 36.4 Å². The van der Waals surface area contributed by atoms with Gasteiger partial charge in [0.05, 0.1) is 26.3 Å². The lowest BCUT2D eigenvalue weighted by Gasteiger charge is -2.23. The van der Waals surface area contributed by atoms with Crippen LogP contribution in [0.25, 0.3) is 11.1 Å². The fraction of sp³-hybridized carbons (Fsp3) is 0.333. The molecule has 2 heterocycles. The maximum Gasteiger partial charge on any atom is 0.258 e. The van der Waals surface area contributed by atoms with Crippen molar-refractivity contribution in [1.29, 1.82) is 0 Å². The zero-order valence-electron chi connectivity index (χ0n) is 15.4. The molecule has 0 saturated carbocycles. The SMILES string of the molecule is Cc1ccc(-c2ccc(Cl)cc2)c(C)c1C1C(=O)N2CCOCCN2C1=O. The van der Waals surface area contributed by atoms with Gasteiger partial charge in [-0.05, 0) is 53.8 Å². The third kappa shape index (κ3) is 3.01. The van der Waals surface area contributed by atoms with E-state index < -0.39 is 5.92 Å². The Balaban J connectivity index is 1.79. The number of hydrogen-bond donors (Lipinski definition) is 0. The number of amides is 2. The smallest absolute Gasteiger partial charge is 0.258 e. The summed E-state index contributed by atoms with van der Waals surface area (Å²) in [6.45, 7) is 5.66. The van der Waals surface area contributed by atoms with E-state index in [0.717, 1.165) is 27.8 Å². The molecule has 5 nitrogen and oxygen atoms in total. The average Bonchev–Trinajstić information content (AvgIpc) is 2.83. The van der Waals surface area contributed by atoms with Gasteiger partial charge in [0.15, 0.2) is 0 Å². The highest BCUT2D eigenvalue weighted by Gasteiger charge is 2.47. The number of carbonyl (C=O) groups is 2. The molecule has 0 aromatic heterocycles. The van der Waals surface area contributed by atoms with E-state index in [9.17, 15) is 9.59 Å². The molecule has 2 aliphatic rings. The first kappa shape index (κ1) is 18.0. The van der Waals surface area contributed by atoms with Crippen LogP contribution in [0, 0.1) is 13.8 Å². The van der Waals surface area contributed by atoms with Crippen LogP contribution in [0.4, 0.5) is 0 Å². The second-order valence-electron chi connectivity index (χ2n) is 6.94. The molecule has 0 N–H and O–H groups in total. The molecule has 2 amide bonds. The monoisotopic (exact) mass is 384 g/mol. The lowest BCUT2D eigenvalue weighted by molar-refractivity contribution is -0.145. The number of benzene rings is 2. The van der Waals surface area contributed by atoms with Crippen LogP contribution < -0.4 is 0 Å². The highest BCUT2D eigenvalue weighted by Crippen LogP contribution is 2.37. The Hall–Kier alpha value is -2.37. The molecule has 0 radical (unpaired) electrons. The minimum Gasteiger partial charge on any atom is -0.378 e. The Morgan fingerprint density at radius 2 is 1.52 bits per heavy atom. The molecule has 2 aromatic carbocycles. The summed E-state index contributed by atoms with van der Waals surface area (Å²) >= 11 is 6.01. The van der Waals surface area contributed by atoms with Gasteiger partial charge in [-0.15, -0.1) is 0 Å². The molecule has 0 atom stereocenters. The maximum absolute atomic E-state index is 13.1. The van der Waals surface area contributed by atoms with Crippen molar-refractivity contribution in [2.45, 2.75) is 19.8 Å². The topological polar surface area (TPSA) is 49.9 Å². The molecular formula is C21H21ClN2O3. The molecule has 4 rings (SSSR count). The normalized spacial score (nSPS) is 18.0. The van der Waals surface area contributed by atoms with E-state index in [4.69, 9.17) is 16.3 Å². The van der Waals surface area contributed by atoms with Gasteiger partial charge < -0.3 is 4.74 Å². The molecule has 0 unspecified atom stereocenters. The zero-order valence-corrected chi connectivity index (χ0v) is 16.1. The van der Waals surface area contributed by atoms with Gasteiger partial charge in [0.2, 0.25) is 0 Å². The van der Waals surface area contributed by atoms with Gasteiger partial charge in [-0.3, -0.25) is 9.59 Å². The summed E-state index contributed by atoms with van der Waals surface area (Å²) in [7, 11) is 0. The van der Waals surface area contributed by atoms with Crippen molar-refractivity contribution in [3.05, 3.63) is 58.1 Å². The van der Waals surface area contributed by atoms with E-state index in [1.807, 2.05) is 50.2 Å². The lowest BCUT2D eigenvalue weighted by atomic mass is 9.85. The van der Waals surface area contributed by atoms with Crippen LogP contribution in [0.2, 0.25) is 5.02 Å². The molecule has 0 bridgehead atoms. The van der Waals surface area contributed by atoms with Gasteiger partial charge in [0.25, 0.3) is 11.8 Å². The number of nitrogens with zero attached hydrogens (tertiary/aromatic N) is 2. The highest BCUT2D eigenvalue weighted by molar-refractivity contribution is 6.30. The Morgan fingerprint density at radius 1 is 0.926 bits per heavy atom. The first-order valence-corrected chi connectivity index (χ1v) is 9.43. The summed E-state index contributed by atoms with van der Waals surface area (Å²) in [6.07, 6.45) is 0. The van der Waals surface area contributed by atoms with E-state index >= 15 is 0 Å². The van der Waals surface area contributed by atoms with Crippen LogP contribution in [-0.4, -0.2) is 48.1 Å². The molecule has 140 valence electrons. The lowest BCUT2D eigenvalue weighted by Crippen LogP contribution is -2.41. The fourth-order valence-electron chi connectivity index (χ4n) is 4.00. The summed E-state index contributed by atoms with van der Waals surface area (Å²) in [5, 5.41) is 3.77. The summed E-state index contributed by atoms with van der Waals surface area (Å²) in [5.74, 6) is -1.11. The third-order valence-corrected chi connectivity index (χ3v) is 5.62. The number of fused-ring (bicyclic) bond motifs is 1. The maximum atomic E-state index is 13.1. The Bertz CT molecular complexity index is 886. The molecule has 2 aromatic rings. The first-order chi connectivity index (χ1) is 13.0. The third-order valence-electron chi connectivity index (χ3n) is 5.37. The van der Waals surface area contributed by atoms with Crippen LogP contribution in [-0.2, 0) is 14.3 Å². The Labute approximate surface area is 163 Å². The number of halogens is 1. The number of hydrogen-bond acceptors (Lipinski definition) is 3. The van der Waals surface area contributed by atoms with Crippen LogP contribution >= 0.6 is 11.6 Å². The molecule has 0 aliphatic carbocycles. The van der Waals surface area contributed by atoms with Crippen LogP contribution in [0.1, 0.15) is 22.6 Å². The zero-order chi connectivity index (χ0) is 19.1. The molecule has 0 spiro atoms. The van der Waals surface area contributed by atoms with E-state index in [0.29, 0.717) is 31.3 Å². The summed E-state index contributed by atoms with van der Waals surface area (Å²) in [4.78, 5) is 26.2. The van der Waals surface area contributed by atoms with Gasteiger partial charge in [-0.25, -0.2) is 10.0 Å². The van der Waals surface area contributed by atoms with E-state index in [1.165, 1.54) is 0 Å². The predicted octanol–water partition coefficient (Wildman–Crippen LogP) is 3.32. The number of aryl methyl sites for hydroxylation is 1. The van der Waals surface area contributed by atoms with Crippen molar-refractivity contribution in [3.8, 4) is 11.1 Å². The first-order valence-electron chi connectivity index (χ1n) is 9.05. The number of ether oxygens (including phenoxy) is 1. The number of carbonyl (C=O) groups excluding carboxylic acids is 2. The van der Waals surface area contributed by atoms with E-state index in [2.05, 4.69) is 0 Å². The summed E-state index contributed by atoms with van der Waals surface area (Å²) in [6, 6.07) is 11.6. The van der Waals surface area contributed by atoms with Gasteiger partial charge in [0, 0.05) is 5.02 Å². The number of rotatable bonds is 2. The summed E-state index contributed by atoms with van der Waals surface area (Å²) in [5.41, 5.74) is 4.74. The molecule has 6 heteroatoms.